The predicted molar refractivity (Wildman–Crippen MR) is 119 cm³/mol. The molecule has 0 bridgehead atoms. The van der Waals surface area contributed by atoms with E-state index < -0.39 is 29.6 Å². The van der Waals surface area contributed by atoms with Crippen LogP contribution in [0, 0.1) is 12.8 Å². The summed E-state index contributed by atoms with van der Waals surface area (Å²) in [5, 5.41) is 9.28. The molecule has 1 aliphatic carbocycles. The van der Waals surface area contributed by atoms with Gasteiger partial charge in [0.1, 0.15) is 11.5 Å². The third kappa shape index (κ3) is 4.31. The molecule has 1 aliphatic heterocycles. The zero-order valence-electron chi connectivity index (χ0n) is 19.5. The Bertz CT molecular complexity index is 1170. The average Bonchev–Trinajstić information content (AvgIpc) is 3.49. The molecule has 9 heteroatoms. The fourth-order valence-electron chi connectivity index (χ4n) is 4.50. The van der Waals surface area contributed by atoms with Gasteiger partial charge in [0.2, 0.25) is 0 Å². The molecule has 0 saturated heterocycles. The normalized spacial score (nSPS) is 21.2. The van der Waals surface area contributed by atoms with Gasteiger partial charge in [-0.15, -0.1) is 13.2 Å². The molecule has 0 radical (unpaired) electrons. The Morgan fingerprint density at radius 2 is 1.88 bits per heavy atom. The Morgan fingerprint density at radius 1 is 1.21 bits per heavy atom. The molecule has 182 valence electrons. The first kappa shape index (κ1) is 23.9. The largest absolute Gasteiger partial charge is 0.573 e. The minimum atomic E-state index is -4.91. The van der Waals surface area contributed by atoms with Crippen LogP contribution in [0.2, 0.25) is 0 Å². The molecule has 2 aromatic rings. The first-order chi connectivity index (χ1) is 15.7. The zero-order chi connectivity index (χ0) is 25.2. The lowest BCUT2D eigenvalue weighted by Gasteiger charge is -2.41. The van der Waals surface area contributed by atoms with Crippen LogP contribution in [-0.4, -0.2) is 35.0 Å². The first-order valence-electron chi connectivity index (χ1n) is 11.0. The molecule has 1 amide bonds. The number of nitrogens with zero attached hydrogens (tertiary/aromatic N) is 1. The number of amides is 1. The summed E-state index contributed by atoms with van der Waals surface area (Å²) in [4.78, 5) is 26.0. The fourth-order valence-corrected chi connectivity index (χ4v) is 4.50. The van der Waals surface area contributed by atoms with E-state index >= 15 is 0 Å². The van der Waals surface area contributed by atoms with E-state index in [2.05, 4.69) is 4.74 Å². The van der Waals surface area contributed by atoms with E-state index in [9.17, 15) is 27.9 Å². The highest BCUT2D eigenvalue weighted by Crippen LogP contribution is 2.51. The Hall–Kier alpha value is -3.23. The van der Waals surface area contributed by atoms with Crippen molar-refractivity contribution in [3.05, 3.63) is 41.5 Å². The van der Waals surface area contributed by atoms with Gasteiger partial charge in [-0.25, -0.2) is 0 Å². The lowest BCUT2D eigenvalue weighted by molar-refractivity contribution is -0.274. The van der Waals surface area contributed by atoms with Gasteiger partial charge in [0.25, 0.3) is 5.91 Å². The Morgan fingerprint density at radius 3 is 2.44 bits per heavy atom. The van der Waals surface area contributed by atoms with Crippen molar-refractivity contribution in [1.82, 2.24) is 0 Å². The summed E-state index contributed by atoms with van der Waals surface area (Å²) in [6.45, 7) is 8.78. The van der Waals surface area contributed by atoms with Gasteiger partial charge in [-0.3, -0.25) is 9.59 Å². The second kappa shape index (κ2) is 7.92. The Kier molecular flexibility index (Phi) is 5.57. The van der Waals surface area contributed by atoms with Crippen molar-refractivity contribution in [2.75, 3.05) is 4.90 Å². The lowest BCUT2D eigenvalue weighted by Crippen LogP contribution is -2.54. The van der Waals surface area contributed by atoms with E-state index in [1.807, 2.05) is 13.8 Å². The van der Waals surface area contributed by atoms with Gasteiger partial charge in [0.05, 0.1) is 11.6 Å². The maximum atomic E-state index is 13.2. The maximum Gasteiger partial charge on any atom is 0.573 e. The molecule has 2 unspecified atom stereocenters. The van der Waals surface area contributed by atoms with Crippen molar-refractivity contribution in [2.24, 2.45) is 5.92 Å². The number of halogens is 3. The van der Waals surface area contributed by atoms with Crippen molar-refractivity contribution in [1.29, 1.82) is 0 Å². The number of carbonyl (C=O) groups excluding carboxylic acids is 1. The molecular weight excluding hydrogens is 451 g/mol. The molecule has 0 spiro atoms. The number of benzene rings is 2. The monoisotopic (exact) mass is 477 g/mol. The summed E-state index contributed by atoms with van der Waals surface area (Å²) in [5.74, 6) is -1.96. The van der Waals surface area contributed by atoms with Crippen LogP contribution in [0.4, 0.5) is 18.9 Å². The summed E-state index contributed by atoms with van der Waals surface area (Å²) in [6, 6.07) is 7.38. The number of anilines is 1. The summed E-state index contributed by atoms with van der Waals surface area (Å²) in [7, 11) is 0. The number of rotatable bonds is 5. The van der Waals surface area contributed by atoms with Crippen molar-refractivity contribution in [2.45, 2.75) is 65.0 Å². The summed E-state index contributed by atoms with van der Waals surface area (Å²) in [5.41, 5.74) is 1.23. The number of ether oxygens (including phenoxy) is 2. The average molecular weight is 477 g/mol. The van der Waals surface area contributed by atoms with Gasteiger partial charge in [-0.2, -0.15) is 0 Å². The van der Waals surface area contributed by atoms with Crippen LogP contribution >= 0.6 is 0 Å². The van der Waals surface area contributed by atoms with Crippen LogP contribution in [0.25, 0.3) is 11.1 Å². The highest BCUT2D eigenvalue weighted by molar-refractivity contribution is 6.03. The highest BCUT2D eigenvalue weighted by atomic mass is 19.4. The molecule has 1 fully saturated rings. The van der Waals surface area contributed by atoms with E-state index in [0.717, 1.165) is 0 Å². The molecule has 2 aliphatic rings. The van der Waals surface area contributed by atoms with Crippen LogP contribution in [0.5, 0.6) is 11.5 Å². The molecular formula is C25H26F3NO5. The van der Waals surface area contributed by atoms with Crippen LogP contribution < -0.4 is 14.4 Å². The molecule has 2 atom stereocenters. The fraction of sp³-hybridized carbons (Fsp3) is 0.440. The lowest BCUT2D eigenvalue weighted by atomic mass is 9.93. The SMILES string of the molecule is Cc1cc2c(cc1-c1cc(C3CC3C(=O)O)ccc1OC(F)(F)F)N(C(C)C)C(=O)C(C)(C)O2. The molecule has 1 N–H and O–H groups in total. The minimum Gasteiger partial charge on any atom is -0.481 e. The van der Waals surface area contributed by atoms with E-state index in [0.29, 0.717) is 34.5 Å². The van der Waals surface area contributed by atoms with Crippen molar-refractivity contribution >= 4 is 17.6 Å². The quantitative estimate of drug-likeness (QED) is 0.601. The zero-order valence-corrected chi connectivity index (χ0v) is 19.5. The van der Waals surface area contributed by atoms with Crippen LogP contribution in [0.1, 0.15) is 51.2 Å². The van der Waals surface area contributed by atoms with Crippen molar-refractivity contribution in [3.63, 3.8) is 0 Å². The van der Waals surface area contributed by atoms with Crippen molar-refractivity contribution < 1.29 is 37.3 Å². The van der Waals surface area contributed by atoms with Gasteiger partial charge >= 0.3 is 12.3 Å². The molecule has 0 aromatic heterocycles. The molecule has 1 heterocycles. The van der Waals surface area contributed by atoms with Gasteiger partial charge in [-0.1, -0.05) is 6.07 Å². The smallest absolute Gasteiger partial charge is 0.481 e. The third-order valence-corrected chi connectivity index (χ3v) is 6.24. The van der Waals surface area contributed by atoms with Crippen LogP contribution in [0.3, 0.4) is 0 Å². The number of carboxylic acid groups (broad SMARTS) is 1. The van der Waals surface area contributed by atoms with Gasteiger partial charge < -0.3 is 19.5 Å². The highest BCUT2D eigenvalue weighted by Gasteiger charge is 2.45. The predicted octanol–water partition coefficient (Wildman–Crippen LogP) is 5.66. The summed E-state index contributed by atoms with van der Waals surface area (Å²) >= 11 is 0. The second-order valence-electron chi connectivity index (χ2n) is 9.61. The number of hydrogen-bond donors (Lipinski definition) is 1. The van der Waals surface area contributed by atoms with E-state index in [1.54, 1.807) is 43.9 Å². The van der Waals surface area contributed by atoms with Gasteiger partial charge in [-0.05, 0) is 87.9 Å². The standard InChI is InChI=1S/C25H26F3NO5/c1-12(2)29-19-11-15(13(3)8-21(19)33-24(4,5)23(29)32)17-9-14(16-10-18(16)22(30)31)6-7-20(17)34-25(26,27)28/h6-9,11-12,16,18H,10H2,1-5H3,(H,30,31). The molecule has 4 rings (SSSR count). The number of hydrogen-bond acceptors (Lipinski definition) is 4. The van der Waals surface area contributed by atoms with E-state index in [1.165, 1.54) is 12.1 Å². The van der Waals surface area contributed by atoms with Gasteiger partial charge in [0.15, 0.2) is 5.60 Å². The minimum absolute atomic E-state index is 0.173. The number of aryl methyl sites for hydroxylation is 1. The van der Waals surface area contributed by atoms with E-state index in [-0.39, 0.29) is 23.4 Å². The second-order valence-corrected chi connectivity index (χ2v) is 9.61. The van der Waals surface area contributed by atoms with Gasteiger partial charge in [0, 0.05) is 11.6 Å². The molecule has 2 aromatic carbocycles. The number of alkyl halides is 3. The van der Waals surface area contributed by atoms with Crippen LogP contribution in [-0.2, 0) is 9.59 Å². The van der Waals surface area contributed by atoms with Crippen LogP contribution in [0.15, 0.2) is 30.3 Å². The first-order valence-corrected chi connectivity index (χ1v) is 11.0. The number of carbonyl (C=O) groups is 2. The molecule has 34 heavy (non-hydrogen) atoms. The topological polar surface area (TPSA) is 76.1 Å². The molecule has 6 nitrogen and oxygen atoms in total. The Balaban J connectivity index is 1.88. The Labute approximate surface area is 195 Å². The summed E-state index contributed by atoms with van der Waals surface area (Å²) in [6.07, 6.45) is -4.48. The van der Waals surface area contributed by atoms with E-state index in [4.69, 9.17) is 4.74 Å². The third-order valence-electron chi connectivity index (χ3n) is 6.24. The number of carboxylic acids is 1. The number of aliphatic carboxylic acids is 1. The number of fused-ring (bicyclic) bond motifs is 1. The summed E-state index contributed by atoms with van der Waals surface area (Å²) < 4.78 is 49.8. The van der Waals surface area contributed by atoms with Crippen molar-refractivity contribution in [3.8, 4) is 22.6 Å². The maximum absolute atomic E-state index is 13.2. The molecule has 1 saturated carbocycles.